The van der Waals surface area contributed by atoms with Crippen LogP contribution in [0.25, 0.3) is 0 Å². The molecule has 1 aromatic rings. The number of esters is 1. The van der Waals surface area contributed by atoms with Crippen molar-refractivity contribution >= 4 is 29.5 Å². The Morgan fingerprint density at radius 2 is 1.61 bits per heavy atom. The monoisotopic (exact) mass is 470 g/mol. The predicted octanol–water partition coefficient (Wildman–Crippen LogP) is 4.03. The summed E-state index contributed by atoms with van der Waals surface area (Å²) in [5.41, 5.74) is 0.413. The maximum absolute atomic E-state index is 12.9. The van der Waals surface area contributed by atoms with Crippen LogP contribution in [0, 0.1) is 17.8 Å². The normalized spacial score (nSPS) is 30.2. The quantitative estimate of drug-likeness (QED) is 0.481. The number of carbonyl (C=O) groups is 3. The summed E-state index contributed by atoms with van der Waals surface area (Å²) in [5, 5.41) is 3.39. The molecule has 1 heterocycles. The zero-order chi connectivity index (χ0) is 22.8. The first-order valence-electron chi connectivity index (χ1n) is 12.5. The number of amides is 2. The third kappa shape index (κ3) is 5.23. The van der Waals surface area contributed by atoms with Crippen molar-refractivity contribution in [1.82, 2.24) is 10.2 Å². The number of ether oxygens (including phenoxy) is 1. The standard InChI is InChI=1S/C26H34N2O4S/c29-23(27-26-13-18-10-19(14-26)12-20(11-18)15-26)17-33-22-7-3-2-6-21(22)25(31)32-16-24(30)28-8-4-1-5-9-28/h2-3,6-7,18-20H,1,4-5,8-17H2,(H,27,29). The summed E-state index contributed by atoms with van der Waals surface area (Å²) >= 11 is 1.37. The Hall–Kier alpha value is -2.02. The van der Waals surface area contributed by atoms with Crippen LogP contribution in [0.4, 0.5) is 0 Å². The Labute approximate surface area is 200 Å². The van der Waals surface area contributed by atoms with Gasteiger partial charge in [0.2, 0.25) is 5.91 Å². The second kappa shape index (κ2) is 9.69. The van der Waals surface area contributed by atoms with E-state index >= 15 is 0 Å². The zero-order valence-corrected chi connectivity index (χ0v) is 20.0. The summed E-state index contributed by atoms with van der Waals surface area (Å²) in [5.74, 6) is 2.03. The summed E-state index contributed by atoms with van der Waals surface area (Å²) in [7, 11) is 0. The van der Waals surface area contributed by atoms with Gasteiger partial charge >= 0.3 is 5.97 Å². The van der Waals surface area contributed by atoms with E-state index in [1.165, 1.54) is 31.0 Å². The Morgan fingerprint density at radius 3 is 2.27 bits per heavy atom. The molecule has 4 saturated carbocycles. The average molecular weight is 471 g/mol. The van der Waals surface area contributed by atoms with Crippen molar-refractivity contribution in [1.29, 1.82) is 0 Å². The van der Waals surface area contributed by atoms with Crippen LogP contribution < -0.4 is 5.32 Å². The number of thioether (sulfide) groups is 1. The van der Waals surface area contributed by atoms with Gasteiger partial charge in [-0.1, -0.05) is 12.1 Å². The molecule has 0 atom stereocenters. The largest absolute Gasteiger partial charge is 0.452 e. The number of rotatable bonds is 7. The maximum Gasteiger partial charge on any atom is 0.339 e. The third-order valence-electron chi connectivity index (χ3n) is 7.94. The van der Waals surface area contributed by atoms with E-state index in [4.69, 9.17) is 4.74 Å². The van der Waals surface area contributed by atoms with Crippen molar-refractivity contribution in [3.05, 3.63) is 29.8 Å². The van der Waals surface area contributed by atoms with Crippen LogP contribution in [0.2, 0.25) is 0 Å². The summed E-state index contributed by atoms with van der Waals surface area (Å²) in [6.07, 6.45) is 10.6. The van der Waals surface area contributed by atoms with Gasteiger partial charge in [0.05, 0.1) is 11.3 Å². The van der Waals surface area contributed by atoms with Gasteiger partial charge in [-0.15, -0.1) is 11.8 Å². The number of nitrogens with one attached hydrogen (secondary N) is 1. The number of benzene rings is 1. The summed E-state index contributed by atoms with van der Waals surface area (Å²) in [6, 6.07) is 7.18. The SMILES string of the molecule is O=C(CSc1ccccc1C(=O)OCC(=O)N1CCCCC1)NC12CC3CC(CC(C3)C1)C2. The van der Waals surface area contributed by atoms with E-state index in [1.807, 2.05) is 12.1 Å². The molecule has 0 aromatic heterocycles. The zero-order valence-electron chi connectivity index (χ0n) is 19.2. The Morgan fingerprint density at radius 1 is 0.970 bits per heavy atom. The van der Waals surface area contributed by atoms with E-state index in [2.05, 4.69) is 5.32 Å². The second-order valence-electron chi connectivity index (χ2n) is 10.5. The first kappa shape index (κ1) is 22.8. The Bertz CT molecular complexity index is 876. The molecule has 0 spiro atoms. The van der Waals surface area contributed by atoms with Crippen LogP contribution in [0.1, 0.15) is 68.1 Å². The molecule has 178 valence electrons. The Balaban J connectivity index is 1.14. The summed E-state index contributed by atoms with van der Waals surface area (Å²) < 4.78 is 5.34. The molecule has 1 N–H and O–H groups in total. The van der Waals surface area contributed by atoms with Crippen molar-refractivity contribution in [3.8, 4) is 0 Å². The number of nitrogens with zero attached hydrogens (tertiary/aromatic N) is 1. The number of hydrogen-bond donors (Lipinski definition) is 1. The van der Waals surface area contributed by atoms with Crippen LogP contribution in [-0.4, -0.2) is 53.7 Å². The lowest BCUT2D eigenvalue weighted by molar-refractivity contribution is -0.135. The third-order valence-corrected chi connectivity index (χ3v) is 9.02. The van der Waals surface area contributed by atoms with Crippen LogP contribution >= 0.6 is 11.8 Å². The predicted molar refractivity (Wildman–Crippen MR) is 127 cm³/mol. The van der Waals surface area contributed by atoms with Crippen molar-refractivity contribution < 1.29 is 19.1 Å². The minimum Gasteiger partial charge on any atom is -0.452 e. The fourth-order valence-electron chi connectivity index (χ4n) is 6.94. The van der Waals surface area contributed by atoms with E-state index in [9.17, 15) is 14.4 Å². The van der Waals surface area contributed by atoms with E-state index in [-0.39, 0.29) is 29.7 Å². The van der Waals surface area contributed by atoms with Gasteiger partial charge in [0, 0.05) is 23.5 Å². The van der Waals surface area contributed by atoms with Gasteiger partial charge < -0.3 is 15.0 Å². The fourth-order valence-corrected chi connectivity index (χ4v) is 7.78. The molecule has 4 bridgehead atoms. The highest BCUT2D eigenvalue weighted by molar-refractivity contribution is 8.00. The average Bonchev–Trinajstić information content (AvgIpc) is 2.80. The number of likely N-dealkylation sites (tertiary alicyclic amines) is 1. The molecular weight excluding hydrogens is 436 g/mol. The van der Waals surface area contributed by atoms with Gasteiger partial charge in [-0.2, -0.15) is 0 Å². The molecule has 1 aromatic carbocycles. The van der Waals surface area contributed by atoms with Gasteiger partial charge in [0.1, 0.15) is 0 Å². The number of hydrogen-bond acceptors (Lipinski definition) is 5. The lowest BCUT2D eigenvalue weighted by atomic mass is 9.53. The van der Waals surface area contributed by atoms with Gasteiger partial charge in [-0.25, -0.2) is 4.79 Å². The Kier molecular flexibility index (Phi) is 6.68. The second-order valence-corrected chi connectivity index (χ2v) is 11.6. The van der Waals surface area contributed by atoms with Crippen molar-refractivity contribution in [2.45, 2.75) is 68.2 Å². The molecule has 1 aliphatic heterocycles. The highest BCUT2D eigenvalue weighted by Crippen LogP contribution is 2.55. The van der Waals surface area contributed by atoms with Gasteiger partial charge in [0.25, 0.3) is 5.91 Å². The lowest BCUT2D eigenvalue weighted by Gasteiger charge is -2.56. The van der Waals surface area contributed by atoms with Crippen molar-refractivity contribution in [3.63, 3.8) is 0 Å². The molecular formula is C26H34N2O4S. The highest BCUT2D eigenvalue weighted by Gasteiger charge is 2.51. The van der Waals surface area contributed by atoms with E-state index in [1.54, 1.807) is 17.0 Å². The smallest absolute Gasteiger partial charge is 0.339 e. The van der Waals surface area contributed by atoms with E-state index in [0.29, 0.717) is 10.5 Å². The minimum atomic E-state index is -0.509. The molecule has 4 aliphatic carbocycles. The van der Waals surface area contributed by atoms with Crippen LogP contribution in [-0.2, 0) is 14.3 Å². The van der Waals surface area contributed by atoms with Gasteiger partial charge in [0.15, 0.2) is 6.61 Å². The summed E-state index contributed by atoms with van der Waals surface area (Å²) in [6.45, 7) is 1.24. The van der Waals surface area contributed by atoms with Gasteiger partial charge in [-0.3, -0.25) is 9.59 Å². The van der Waals surface area contributed by atoms with Crippen LogP contribution in [0.5, 0.6) is 0 Å². The molecule has 0 radical (unpaired) electrons. The molecule has 5 aliphatic rings. The first-order valence-corrected chi connectivity index (χ1v) is 13.5. The number of piperidine rings is 1. The lowest BCUT2D eigenvalue weighted by Crippen LogP contribution is -2.60. The molecule has 33 heavy (non-hydrogen) atoms. The number of carbonyl (C=O) groups excluding carboxylic acids is 3. The molecule has 5 fully saturated rings. The molecule has 6 nitrogen and oxygen atoms in total. The first-order chi connectivity index (χ1) is 16.0. The molecule has 1 saturated heterocycles. The minimum absolute atomic E-state index is 0.000342. The summed E-state index contributed by atoms with van der Waals surface area (Å²) in [4.78, 5) is 40.4. The van der Waals surface area contributed by atoms with Crippen LogP contribution in [0.3, 0.4) is 0 Å². The van der Waals surface area contributed by atoms with Crippen molar-refractivity contribution in [2.24, 2.45) is 17.8 Å². The molecule has 0 unspecified atom stereocenters. The topological polar surface area (TPSA) is 75.7 Å². The molecule has 7 heteroatoms. The van der Waals surface area contributed by atoms with Gasteiger partial charge in [-0.05, 0) is 87.7 Å². The molecule has 2 amide bonds. The maximum atomic E-state index is 12.9. The van der Waals surface area contributed by atoms with Crippen molar-refractivity contribution in [2.75, 3.05) is 25.4 Å². The van der Waals surface area contributed by atoms with Crippen LogP contribution in [0.15, 0.2) is 29.2 Å². The molecule has 6 rings (SSSR count). The highest BCUT2D eigenvalue weighted by atomic mass is 32.2. The van der Waals surface area contributed by atoms with E-state index < -0.39 is 5.97 Å². The fraction of sp³-hybridized carbons (Fsp3) is 0.654. The van der Waals surface area contributed by atoms with E-state index in [0.717, 1.165) is 69.4 Å².